The van der Waals surface area contributed by atoms with Gasteiger partial charge in [0.1, 0.15) is 38.5 Å². The summed E-state index contributed by atoms with van der Waals surface area (Å²) in [6.07, 6.45) is 47.4. The molecule has 0 bridgehead atoms. The summed E-state index contributed by atoms with van der Waals surface area (Å²) in [4.78, 5) is 50.1. The Morgan fingerprint density at radius 1 is 0.446 bits per heavy atom. The molecule has 0 radical (unpaired) electrons. The second kappa shape index (κ2) is 43.0. The van der Waals surface area contributed by atoms with Crippen molar-refractivity contribution in [3.63, 3.8) is 0 Å². The molecule has 0 spiro atoms. The van der Waals surface area contributed by atoms with E-state index in [0.717, 1.165) is 64.2 Å². The van der Waals surface area contributed by atoms with Crippen LogP contribution in [0.25, 0.3) is 0 Å². The minimum atomic E-state index is -4.51. The fourth-order valence-corrected chi connectivity index (χ4v) is 10.3. The zero-order chi connectivity index (χ0) is 54.8. The first kappa shape index (κ1) is 70.1. The van der Waals surface area contributed by atoms with Crippen molar-refractivity contribution in [1.82, 2.24) is 0 Å². The molecule has 2 aliphatic heterocycles. The summed E-state index contributed by atoms with van der Waals surface area (Å²) in [5, 5.41) is 0. The van der Waals surface area contributed by atoms with Gasteiger partial charge in [-0.25, -0.2) is 0 Å². The van der Waals surface area contributed by atoms with E-state index >= 15 is 0 Å². The minimum Gasteiger partial charge on any atom is -0.756 e. The van der Waals surface area contributed by atoms with Crippen LogP contribution >= 0.6 is 15.6 Å². The summed E-state index contributed by atoms with van der Waals surface area (Å²) in [5.74, 6) is -0.871. The van der Waals surface area contributed by atoms with Crippen LogP contribution in [0.15, 0.2) is 48.6 Å². The molecule has 0 aromatic rings. The van der Waals surface area contributed by atoms with Crippen molar-refractivity contribution in [2.24, 2.45) is 0 Å². The summed E-state index contributed by atoms with van der Waals surface area (Å²) in [6.45, 7) is 4.86. The van der Waals surface area contributed by atoms with Crippen molar-refractivity contribution in [3.05, 3.63) is 48.6 Å². The number of allylic oxidation sites excluding steroid dienone is 6. The second-order valence-corrected chi connectivity index (χ2v) is 25.5. The van der Waals surface area contributed by atoms with Crippen molar-refractivity contribution in [3.8, 4) is 0 Å². The molecule has 16 heteroatoms. The molecule has 6 atom stereocenters. The van der Waals surface area contributed by atoms with Gasteiger partial charge in [-0.05, 0) is 78.1 Å². The van der Waals surface area contributed by atoms with Gasteiger partial charge in [-0.3, -0.25) is 18.7 Å². The highest BCUT2D eigenvalue weighted by atomic mass is 31.2. The smallest absolute Gasteiger partial charge is 0.308 e. The van der Waals surface area contributed by atoms with Gasteiger partial charge in [-0.15, -0.1) is 0 Å². The van der Waals surface area contributed by atoms with Crippen LogP contribution in [0.1, 0.15) is 219 Å². The topological polar surface area (TPSA) is 170 Å². The SMILES string of the molecule is C[C@H]1C/C=C/CC/C=C\CCCCCCCCCCCC[C@@H](OP(=O)([O-])OCC[N+](C)(C)C)CC(=O)O1.C[C@H]1C/C=C/CC/C=C\CCCCCCCCCCCC[C@H](OP(=O)([O-])OCC[N+](C)(C)C)CC(=O)O1. The van der Waals surface area contributed by atoms with Crippen molar-refractivity contribution in [1.29, 1.82) is 0 Å². The summed E-state index contributed by atoms with van der Waals surface area (Å²) >= 11 is 0. The first-order valence-corrected chi connectivity index (χ1v) is 31.9. The van der Waals surface area contributed by atoms with Crippen LogP contribution in [0.3, 0.4) is 0 Å². The third kappa shape index (κ3) is 47.3. The molecule has 0 aromatic heterocycles. The number of hydrogen-bond acceptors (Lipinski definition) is 12. The number of phosphoric acid groups is 2. The highest BCUT2D eigenvalue weighted by molar-refractivity contribution is 7.46. The van der Waals surface area contributed by atoms with Crippen molar-refractivity contribution in [2.45, 2.75) is 244 Å². The number of nitrogens with zero attached hydrogens (tertiary/aromatic N) is 2. The van der Waals surface area contributed by atoms with Crippen LogP contribution in [-0.2, 0) is 46.3 Å². The number of ether oxygens (including phenoxy) is 2. The average Bonchev–Trinajstić information content (AvgIpc) is 3.28. The Balaban J connectivity index is 0.000000740. The van der Waals surface area contributed by atoms with Crippen LogP contribution in [0.5, 0.6) is 0 Å². The molecule has 0 aliphatic carbocycles. The number of phosphoric ester groups is 2. The van der Waals surface area contributed by atoms with E-state index in [-0.39, 0.29) is 38.3 Å². The molecule has 0 saturated heterocycles. The zero-order valence-electron chi connectivity index (χ0n) is 48.1. The van der Waals surface area contributed by atoms with Crippen LogP contribution in [0, 0.1) is 0 Å². The number of esters is 2. The number of carbonyl (C=O) groups is 2. The van der Waals surface area contributed by atoms with E-state index in [4.69, 9.17) is 27.6 Å². The number of cyclic esters (lactones) is 2. The van der Waals surface area contributed by atoms with Gasteiger partial charge in [-0.1, -0.05) is 164 Å². The van der Waals surface area contributed by atoms with E-state index in [1.54, 1.807) is 0 Å². The van der Waals surface area contributed by atoms with Crippen LogP contribution in [0.2, 0.25) is 0 Å². The van der Waals surface area contributed by atoms with Crippen molar-refractivity contribution >= 4 is 27.6 Å². The minimum absolute atomic E-state index is 0.0423. The zero-order valence-corrected chi connectivity index (χ0v) is 49.9. The molecule has 0 N–H and O–H groups in total. The molecule has 2 aliphatic rings. The molecular weight excluding hydrogens is 979 g/mol. The lowest BCUT2D eigenvalue weighted by molar-refractivity contribution is -0.870. The molecule has 14 nitrogen and oxygen atoms in total. The van der Waals surface area contributed by atoms with Gasteiger partial charge in [0.15, 0.2) is 0 Å². The molecule has 2 rings (SSSR count). The molecule has 0 saturated carbocycles. The quantitative estimate of drug-likeness (QED) is 0.0785. The molecule has 0 aromatic carbocycles. The Hall–Kier alpha value is -1.96. The fraction of sp³-hybridized carbons (Fsp3) is 0.828. The fourth-order valence-electron chi connectivity index (χ4n) is 8.44. The third-order valence-corrected chi connectivity index (χ3v) is 15.0. The van der Waals surface area contributed by atoms with Gasteiger partial charge in [0.2, 0.25) is 0 Å². The Bertz CT molecular complexity index is 1520. The molecule has 2 unspecified atom stereocenters. The first-order valence-electron chi connectivity index (χ1n) is 29.0. The lowest BCUT2D eigenvalue weighted by atomic mass is 10.0. The normalized spacial score (nSPS) is 26.8. The molecular formula is C58H108N2O12P2. The number of likely N-dealkylation sites (N-methyl/N-ethyl adjacent to an activating group) is 2. The summed E-state index contributed by atoms with van der Waals surface area (Å²) in [5.41, 5.74) is 0. The molecule has 0 fully saturated rings. The number of rotatable bonds is 12. The van der Waals surface area contributed by atoms with E-state index in [0.29, 0.717) is 47.7 Å². The van der Waals surface area contributed by atoms with Gasteiger partial charge in [-0.2, -0.15) is 0 Å². The number of quaternary nitrogens is 2. The first-order chi connectivity index (χ1) is 35.1. The van der Waals surface area contributed by atoms with E-state index in [9.17, 15) is 28.5 Å². The maximum atomic E-state index is 12.6. The predicted octanol–water partition coefficient (Wildman–Crippen LogP) is 13.7. The summed E-state index contributed by atoms with van der Waals surface area (Å²) in [7, 11) is 2.75. The van der Waals surface area contributed by atoms with Crippen LogP contribution < -0.4 is 9.79 Å². The number of carbonyl (C=O) groups excluding carboxylic acids is 2. The monoisotopic (exact) mass is 1090 g/mol. The van der Waals surface area contributed by atoms with Crippen molar-refractivity contribution < 1.29 is 65.0 Å². The van der Waals surface area contributed by atoms with E-state index < -0.39 is 39.8 Å². The van der Waals surface area contributed by atoms with Crippen LogP contribution in [0.4, 0.5) is 0 Å². The second-order valence-electron chi connectivity index (χ2n) is 22.8. The predicted molar refractivity (Wildman–Crippen MR) is 298 cm³/mol. The highest BCUT2D eigenvalue weighted by Crippen LogP contribution is 2.42. The van der Waals surface area contributed by atoms with Gasteiger partial charge < -0.3 is 46.3 Å². The third-order valence-electron chi connectivity index (χ3n) is 12.9. The van der Waals surface area contributed by atoms with E-state index in [1.165, 1.54) is 103 Å². The Morgan fingerprint density at radius 2 is 0.716 bits per heavy atom. The van der Waals surface area contributed by atoms with Gasteiger partial charge in [0.05, 0.1) is 67.3 Å². The van der Waals surface area contributed by atoms with E-state index in [1.807, 2.05) is 68.3 Å². The molecule has 74 heavy (non-hydrogen) atoms. The maximum Gasteiger partial charge on any atom is 0.308 e. The Morgan fingerprint density at radius 3 is 1.03 bits per heavy atom. The Labute approximate surface area is 451 Å². The lowest BCUT2D eigenvalue weighted by Crippen LogP contribution is -2.37. The average molecular weight is 1090 g/mol. The van der Waals surface area contributed by atoms with Gasteiger partial charge in [0, 0.05) is 12.8 Å². The summed E-state index contributed by atoms with van der Waals surface area (Å²) in [6, 6.07) is 0. The highest BCUT2D eigenvalue weighted by Gasteiger charge is 2.25. The maximum absolute atomic E-state index is 12.6. The standard InChI is InChI=1S/2C29H54NO6P/c2*1-27-22-20-18-16-14-12-10-8-6-5-7-9-11-13-15-17-19-21-23-28(26-29(31)35-27)36-37(32,33)34-25-24-30(2,3)4/h2*10,12,18,20,27-28H,5-9,11,13-17,19,21-26H2,1-4H3/b2*12-10-,20-18+/t27-,28+;27-,28-/m00/s1. The molecule has 2 heterocycles. The van der Waals surface area contributed by atoms with Crippen LogP contribution in [-0.4, -0.2) is 114 Å². The van der Waals surface area contributed by atoms with Gasteiger partial charge in [0.25, 0.3) is 15.6 Å². The largest absolute Gasteiger partial charge is 0.756 e. The van der Waals surface area contributed by atoms with Gasteiger partial charge >= 0.3 is 11.9 Å². The van der Waals surface area contributed by atoms with Crippen molar-refractivity contribution in [2.75, 3.05) is 68.6 Å². The molecule has 432 valence electrons. The Kier molecular flexibility index (Phi) is 40.7. The summed E-state index contributed by atoms with van der Waals surface area (Å²) < 4.78 is 58.1. The lowest BCUT2D eigenvalue weighted by Gasteiger charge is -2.30. The number of hydrogen-bond donors (Lipinski definition) is 0. The van der Waals surface area contributed by atoms with E-state index in [2.05, 4.69) is 36.5 Å². The molecule has 0 amide bonds.